The van der Waals surface area contributed by atoms with Crippen LogP contribution in [0.4, 0.5) is 0 Å². The molecule has 5 heteroatoms. The van der Waals surface area contributed by atoms with Crippen LogP contribution >= 0.6 is 0 Å². The predicted octanol–water partition coefficient (Wildman–Crippen LogP) is 14.4. The van der Waals surface area contributed by atoms with Crippen LogP contribution in [-0.2, 0) is 0 Å². The summed E-state index contributed by atoms with van der Waals surface area (Å²) >= 11 is 0. The van der Waals surface area contributed by atoms with Gasteiger partial charge in [0.25, 0.3) is 0 Å². The summed E-state index contributed by atoms with van der Waals surface area (Å²) in [6.45, 7) is 0. The molecule has 0 aliphatic rings. The lowest BCUT2D eigenvalue weighted by molar-refractivity contribution is 1.05. The molecule has 0 radical (unpaired) electrons. The van der Waals surface area contributed by atoms with E-state index >= 15 is 0 Å². The number of fused-ring (bicyclic) bond motifs is 6. The van der Waals surface area contributed by atoms with E-state index in [2.05, 4.69) is 221 Å². The van der Waals surface area contributed by atoms with Crippen molar-refractivity contribution < 1.29 is 0 Å². The van der Waals surface area contributed by atoms with Crippen molar-refractivity contribution in [1.29, 1.82) is 0 Å². The van der Waals surface area contributed by atoms with Gasteiger partial charge < -0.3 is 9.13 Å². The van der Waals surface area contributed by atoms with Gasteiger partial charge in [0.05, 0.1) is 33.4 Å². The van der Waals surface area contributed by atoms with Crippen molar-refractivity contribution in [3.63, 3.8) is 0 Å². The van der Waals surface area contributed by atoms with Crippen LogP contribution in [0.15, 0.2) is 224 Å². The minimum atomic E-state index is 0.587. The highest BCUT2D eigenvalue weighted by Gasteiger charge is 2.24. The molecule has 0 amide bonds. The molecule has 9 aromatic carbocycles. The molecule has 3 aromatic heterocycles. The maximum absolute atomic E-state index is 5.40. The van der Waals surface area contributed by atoms with E-state index in [9.17, 15) is 0 Å². The van der Waals surface area contributed by atoms with E-state index in [1.165, 1.54) is 21.5 Å². The first-order valence-corrected chi connectivity index (χ1v) is 21.0. The summed E-state index contributed by atoms with van der Waals surface area (Å²) in [6, 6.07) is 79.2. The lowest BCUT2D eigenvalue weighted by atomic mass is 10.0. The Balaban J connectivity index is 1.15. The van der Waals surface area contributed by atoms with Crippen molar-refractivity contribution in [3.8, 4) is 67.8 Å². The fraction of sp³-hybridized carbons (Fsp3) is 0. The standard InChI is InChI=1S/C57H37N5/c1-3-16-38(17-4-1)40-30-34-42(35-31-40)55-58-56(43-36-32-41(33-37-43)39-18-5-2-6-19-39)60-57(59-55)48-24-15-29-53(61-49-25-11-7-20-44(49)45-21-8-12-26-50(45)61)54(48)62-51-27-13-9-22-46(51)47-23-10-14-28-52(47)62/h1-37H. The minimum absolute atomic E-state index is 0.587. The molecule has 290 valence electrons. The third-order valence-electron chi connectivity index (χ3n) is 12.0. The molecule has 0 atom stereocenters. The van der Waals surface area contributed by atoms with Crippen LogP contribution in [0.5, 0.6) is 0 Å². The molecule has 3 heterocycles. The molecule has 62 heavy (non-hydrogen) atoms. The van der Waals surface area contributed by atoms with E-state index in [4.69, 9.17) is 15.0 Å². The van der Waals surface area contributed by atoms with Gasteiger partial charge >= 0.3 is 0 Å². The number of aromatic nitrogens is 5. The smallest absolute Gasteiger partial charge is 0.166 e. The van der Waals surface area contributed by atoms with Crippen LogP contribution in [0, 0.1) is 0 Å². The zero-order valence-corrected chi connectivity index (χ0v) is 33.6. The second-order valence-electron chi connectivity index (χ2n) is 15.6. The molecule has 12 rings (SSSR count). The largest absolute Gasteiger partial charge is 0.307 e. The Morgan fingerprint density at radius 3 is 1.02 bits per heavy atom. The van der Waals surface area contributed by atoms with Gasteiger partial charge in [-0.05, 0) is 58.7 Å². The highest BCUT2D eigenvalue weighted by molar-refractivity contribution is 6.12. The second-order valence-corrected chi connectivity index (χ2v) is 15.6. The average molecular weight is 792 g/mol. The maximum Gasteiger partial charge on any atom is 0.166 e. The van der Waals surface area contributed by atoms with Crippen LogP contribution in [0.25, 0.3) is 111 Å². The zero-order valence-electron chi connectivity index (χ0n) is 33.6. The van der Waals surface area contributed by atoms with Crippen molar-refractivity contribution >= 4 is 43.6 Å². The number of para-hydroxylation sites is 5. The molecule has 5 nitrogen and oxygen atoms in total. The Kier molecular flexibility index (Phi) is 8.42. The van der Waals surface area contributed by atoms with E-state index in [0.717, 1.165) is 72.4 Å². The van der Waals surface area contributed by atoms with E-state index in [1.54, 1.807) is 0 Å². The summed E-state index contributed by atoms with van der Waals surface area (Å²) in [6.07, 6.45) is 0. The number of hydrogen-bond donors (Lipinski definition) is 0. The highest BCUT2D eigenvalue weighted by atomic mass is 15.1. The van der Waals surface area contributed by atoms with Crippen molar-refractivity contribution in [2.75, 3.05) is 0 Å². The molecule has 0 N–H and O–H groups in total. The third-order valence-corrected chi connectivity index (χ3v) is 12.0. The molecule has 0 aliphatic carbocycles. The zero-order chi connectivity index (χ0) is 41.0. The summed E-state index contributed by atoms with van der Waals surface area (Å²) < 4.78 is 4.81. The van der Waals surface area contributed by atoms with Gasteiger partial charge in [0.1, 0.15) is 0 Å². The second kappa shape index (κ2) is 14.7. The lowest BCUT2D eigenvalue weighted by Gasteiger charge is -2.20. The first kappa shape index (κ1) is 35.5. The number of hydrogen-bond acceptors (Lipinski definition) is 3. The molecular weight excluding hydrogens is 755 g/mol. The van der Waals surface area contributed by atoms with Crippen molar-refractivity contribution in [3.05, 3.63) is 224 Å². The minimum Gasteiger partial charge on any atom is -0.307 e. The summed E-state index contributed by atoms with van der Waals surface area (Å²) in [7, 11) is 0. The molecule has 0 saturated carbocycles. The Hall–Kier alpha value is -8.41. The average Bonchev–Trinajstić information content (AvgIpc) is 3.87. The first-order valence-electron chi connectivity index (χ1n) is 21.0. The summed E-state index contributed by atoms with van der Waals surface area (Å²) in [5.41, 5.74) is 13.8. The van der Waals surface area contributed by atoms with Gasteiger partial charge in [-0.25, -0.2) is 15.0 Å². The van der Waals surface area contributed by atoms with Gasteiger partial charge in [-0.15, -0.1) is 0 Å². The summed E-state index contributed by atoms with van der Waals surface area (Å²) in [5.74, 6) is 1.79. The van der Waals surface area contributed by atoms with Crippen LogP contribution in [-0.4, -0.2) is 24.1 Å². The van der Waals surface area contributed by atoms with E-state index in [1.807, 2.05) is 12.1 Å². The fourth-order valence-electron chi connectivity index (χ4n) is 9.11. The quantitative estimate of drug-likeness (QED) is 0.162. The SMILES string of the molecule is c1ccc(-c2ccc(-c3nc(-c4ccc(-c5ccccc5)cc4)nc(-c4cccc(-n5c6ccccc6c6ccccc65)c4-n4c5ccccc5c5ccccc54)n3)cc2)cc1. The van der Waals surface area contributed by atoms with Crippen LogP contribution in [0.3, 0.4) is 0 Å². The van der Waals surface area contributed by atoms with Crippen LogP contribution < -0.4 is 0 Å². The van der Waals surface area contributed by atoms with E-state index < -0.39 is 0 Å². The Morgan fingerprint density at radius 2 is 0.581 bits per heavy atom. The number of nitrogens with zero attached hydrogens (tertiary/aromatic N) is 5. The number of rotatable bonds is 7. The Labute approximate surface area is 358 Å². The topological polar surface area (TPSA) is 48.5 Å². The molecule has 0 fully saturated rings. The maximum atomic E-state index is 5.40. The summed E-state index contributed by atoms with van der Waals surface area (Å²) in [5, 5.41) is 4.76. The van der Waals surface area contributed by atoms with Gasteiger partial charge in [0.2, 0.25) is 0 Å². The first-order chi connectivity index (χ1) is 30.8. The monoisotopic (exact) mass is 791 g/mol. The van der Waals surface area contributed by atoms with Gasteiger partial charge in [0, 0.05) is 38.2 Å². The van der Waals surface area contributed by atoms with Crippen molar-refractivity contribution in [1.82, 2.24) is 24.1 Å². The molecule has 0 saturated heterocycles. The number of benzene rings is 9. The molecule has 0 unspecified atom stereocenters. The van der Waals surface area contributed by atoms with Crippen LogP contribution in [0.1, 0.15) is 0 Å². The van der Waals surface area contributed by atoms with Crippen molar-refractivity contribution in [2.45, 2.75) is 0 Å². The molecule has 0 bridgehead atoms. The van der Waals surface area contributed by atoms with Gasteiger partial charge in [0.15, 0.2) is 17.5 Å². The fourth-order valence-corrected chi connectivity index (χ4v) is 9.11. The molecular formula is C57H37N5. The van der Waals surface area contributed by atoms with Crippen LogP contribution in [0.2, 0.25) is 0 Å². The third kappa shape index (κ3) is 5.90. The van der Waals surface area contributed by atoms with E-state index in [-0.39, 0.29) is 0 Å². The van der Waals surface area contributed by atoms with E-state index in [0.29, 0.717) is 17.5 Å². The molecule has 12 aromatic rings. The Bertz CT molecular complexity index is 3400. The summed E-state index contributed by atoms with van der Waals surface area (Å²) in [4.78, 5) is 16.0. The normalized spacial score (nSPS) is 11.5. The van der Waals surface area contributed by atoms with Gasteiger partial charge in [-0.1, -0.05) is 188 Å². The van der Waals surface area contributed by atoms with Gasteiger partial charge in [-0.2, -0.15) is 0 Å². The molecule has 0 spiro atoms. The van der Waals surface area contributed by atoms with Gasteiger partial charge in [-0.3, -0.25) is 0 Å². The highest BCUT2D eigenvalue weighted by Crippen LogP contribution is 2.42. The predicted molar refractivity (Wildman–Crippen MR) is 256 cm³/mol. The van der Waals surface area contributed by atoms with Crippen molar-refractivity contribution in [2.24, 2.45) is 0 Å². The lowest BCUT2D eigenvalue weighted by Crippen LogP contribution is -2.08. The molecule has 0 aliphatic heterocycles. The Morgan fingerprint density at radius 1 is 0.242 bits per heavy atom.